The number of benzene rings is 12. The van der Waals surface area contributed by atoms with E-state index in [1.807, 2.05) is 37.3 Å². The number of ether oxygens (including phenoxy) is 4. The lowest BCUT2D eigenvalue weighted by Gasteiger charge is -2.12. The molecule has 0 amide bonds. The molecule has 0 fully saturated rings. The number of carboxylic acid groups (broad SMARTS) is 4. The molecule has 12 aromatic carbocycles. The number of aryl methyl sites for hydroxylation is 3. The molecule has 0 radical (unpaired) electrons. The fourth-order valence-corrected chi connectivity index (χ4v) is 18.1. The first-order valence-electron chi connectivity index (χ1n) is 37.3. The Balaban J connectivity index is 0.000000143. The molecule has 0 bridgehead atoms. The Morgan fingerprint density at radius 2 is 0.576 bits per heavy atom. The maximum Gasteiger partial charge on any atom is 0.416 e. The monoisotopic (exact) mass is 1780 g/mol. The van der Waals surface area contributed by atoms with Gasteiger partial charge in [0.25, 0.3) is 0 Å². The van der Waals surface area contributed by atoms with Gasteiger partial charge in [-0.25, -0.2) is 23.6 Å². The summed E-state index contributed by atoms with van der Waals surface area (Å²) in [5, 5.41) is 78.2. The molecule has 0 aliphatic carbocycles. The molecule has 4 heterocycles. The molecule has 4 aromatic heterocycles. The second kappa shape index (κ2) is 38.3. The quantitative estimate of drug-likeness (QED) is 0.0260. The van der Waals surface area contributed by atoms with Crippen molar-refractivity contribution in [1.29, 1.82) is 0 Å². The van der Waals surface area contributed by atoms with E-state index in [-0.39, 0.29) is 28.8 Å². The van der Waals surface area contributed by atoms with Gasteiger partial charge in [0.1, 0.15) is 51.8 Å². The molecule has 0 saturated heterocycles. The number of alkyl halides is 6. The third-order valence-electron chi connectivity index (χ3n) is 18.7. The number of phenolic OH excluding ortho intramolecular Hbond substituents is 4. The highest BCUT2D eigenvalue weighted by Gasteiger charge is 2.33. The summed E-state index contributed by atoms with van der Waals surface area (Å²) in [6, 6.07) is 66.7. The molecular formula is C97H66ClF7O16S4. The predicted octanol–water partition coefficient (Wildman–Crippen LogP) is 28.4. The number of phenols is 4. The number of aromatic hydroxyl groups is 4. The van der Waals surface area contributed by atoms with Crippen LogP contribution in [0.2, 0.25) is 5.02 Å². The first-order valence-corrected chi connectivity index (χ1v) is 40.9. The van der Waals surface area contributed by atoms with E-state index in [2.05, 4.69) is 0 Å². The van der Waals surface area contributed by atoms with Crippen LogP contribution in [0.4, 0.5) is 30.7 Å². The van der Waals surface area contributed by atoms with Crippen molar-refractivity contribution >= 4 is 145 Å². The molecule has 0 atom stereocenters. The zero-order valence-corrected chi connectivity index (χ0v) is 69.3. The fourth-order valence-electron chi connectivity index (χ4n) is 12.8. The topological polar surface area (TPSA) is 267 Å². The van der Waals surface area contributed by atoms with Crippen LogP contribution in [0, 0.1) is 26.6 Å². The summed E-state index contributed by atoms with van der Waals surface area (Å²) in [6.45, 7) is 5.06. The van der Waals surface area contributed by atoms with Crippen LogP contribution in [-0.2, 0) is 31.5 Å². The summed E-state index contributed by atoms with van der Waals surface area (Å²) in [6.07, 6.45) is 1.26. The van der Waals surface area contributed by atoms with E-state index in [4.69, 9.17) is 51.0 Å². The summed E-state index contributed by atoms with van der Waals surface area (Å²) < 4.78 is 120. The maximum absolute atomic E-state index is 13.6. The van der Waals surface area contributed by atoms with Crippen LogP contribution in [-0.4, -0.2) is 64.7 Å². The Hall–Kier alpha value is -14.5. The zero-order valence-electron chi connectivity index (χ0n) is 65.3. The Kier molecular flexibility index (Phi) is 27.1. The van der Waals surface area contributed by atoms with Gasteiger partial charge in [0.2, 0.25) is 0 Å². The summed E-state index contributed by atoms with van der Waals surface area (Å²) in [7, 11) is 0. The standard InChI is InChI=1S/2C25H17F3O4S.C24H17FO4S.C23H15ClO4S/c2*1-14-12-16(25(26,27)28)5-9-19(14)24-23(20-10-6-17(29)13-21(20)33-24)32-18-7-2-15(3-8-18)4-11-22(30)31;1-14-12-16(25)5-9-19(14)24-23(20-10-6-17(26)13-21(20)30-24)29-18-7-2-15(3-8-18)4-11-22(27)28;24-19-4-2-1-3-17(19)23-22(18-11-8-15(25)13-20(18)29-23)28-16-9-5-14(6-10-16)7-12-21(26)27/h2*2-13,29H,1H3,(H,30,31);2-13,26H,1H3,(H,27,28);1-13,25H,(H,26,27)/b3*11-4+;12-7+. The predicted molar refractivity (Wildman–Crippen MR) is 478 cm³/mol. The molecule has 0 aliphatic heterocycles. The number of hydrogen-bond donors (Lipinski definition) is 8. The molecule has 16 rings (SSSR count). The third-order valence-corrected chi connectivity index (χ3v) is 23.7. The highest BCUT2D eigenvalue weighted by Crippen LogP contribution is 2.54. The van der Waals surface area contributed by atoms with E-state index >= 15 is 0 Å². The van der Waals surface area contributed by atoms with Gasteiger partial charge < -0.3 is 59.8 Å². The minimum atomic E-state index is -4.44. The Morgan fingerprint density at radius 1 is 0.320 bits per heavy atom. The van der Waals surface area contributed by atoms with E-state index in [1.54, 1.807) is 172 Å². The molecular weight excluding hydrogens is 1720 g/mol. The maximum atomic E-state index is 13.6. The smallest absolute Gasteiger partial charge is 0.416 e. The second-order valence-corrected chi connectivity index (χ2v) is 32.2. The van der Waals surface area contributed by atoms with Gasteiger partial charge in [0, 0.05) is 75.2 Å². The van der Waals surface area contributed by atoms with Gasteiger partial charge in [-0.05, 0) is 265 Å². The van der Waals surface area contributed by atoms with Crippen LogP contribution in [0.1, 0.15) is 50.1 Å². The van der Waals surface area contributed by atoms with Crippen LogP contribution >= 0.6 is 56.9 Å². The normalized spacial score (nSPS) is 11.6. The number of halogens is 8. The molecule has 630 valence electrons. The van der Waals surface area contributed by atoms with Crippen LogP contribution in [0.5, 0.6) is 69.0 Å². The van der Waals surface area contributed by atoms with Gasteiger partial charge in [-0.1, -0.05) is 96.5 Å². The third kappa shape index (κ3) is 22.1. The van der Waals surface area contributed by atoms with E-state index in [0.717, 1.165) is 116 Å². The number of rotatable bonds is 20. The molecule has 0 spiro atoms. The molecule has 0 aliphatic rings. The van der Waals surface area contributed by atoms with Gasteiger partial charge in [-0.15, -0.1) is 45.3 Å². The molecule has 16 nitrogen and oxygen atoms in total. The number of carbonyl (C=O) groups is 4. The van der Waals surface area contributed by atoms with Gasteiger partial charge in [-0.2, -0.15) is 26.3 Å². The van der Waals surface area contributed by atoms with E-state index in [1.165, 1.54) is 106 Å². The van der Waals surface area contributed by atoms with Crippen molar-refractivity contribution in [3.05, 3.63) is 334 Å². The molecule has 8 N–H and O–H groups in total. The minimum absolute atomic E-state index is 0.0700. The van der Waals surface area contributed by atoms with Crippen LogP contribution in [0.25, 0.3) is 106 Å². The second-order valence-electron chi connectivity index (χ2n) is 27.6. The Labute approximate surface area is 728 Å². The van der Waals surface area contributed by atoms with Crippen molar-refractivity contribution in [3.63, 3.8) is 0 Å². The zero-order chi connectivity index (χ0) is 89.1. The molecule has 28 heteroatoms. The molecule has 16 aromatic rings. The van der Waals surface area contributed by atoms with E-state index in [9.17, 15) is 70.3 Å². The van der Waals surface area contributed by atoms with Crippen LogP contribution in [0.3, 0.4) is 0 Å². The van der Waals surface area contributed by atoms with Gasteiger partial charge in [0.15, 0.2) is 23.0 Å². The van der Waals surface area contributed by atoms with Gasteiger partial charge >= 0.3 is 36.2 Å². The number of fused-ring (bicyclic) bond motifs is 4. The summed E-state index contributed by atoms with van der Waals surface area (Å²) in [5.74, 6) is 0.410. The summed E-state index contributed by atoms with van der Waals surface area (Å²) in [4.78, 5) is 45.7. The summed E-state index contributed by atoms with van der Waals surface area (Å²) in [5.41, 5.74) is 5.95. The van der Waals surface area contributed by atoms with E-state index < -0.39 is 47.4 Å². The number of aliphatic carboxylic acids is 4. The van der Waals surface area contributed by atoms with Crippen molar-refractivity contribution in [2.75, 3.05) is 0 Å². The van der Waals surface area contributed by atoms with Crippen molar-refractivity contribution in [3.8, 4) is 111 Å². The Morgan fingerprint density at radius 3 is 0.824 bits per heavy atom. The molecule has 125 heavy (non-hydrogen) atoms. The first-order chi connectivity index (χ1) is 59.6. The van der Waals surface area contributed by atoms with Crippen molar-refractivity contribution < 1.29 is 110 Å². The van der Waals surface area contributed by atoms with E-state index in [0.29, 0.717) is 105 Å². The lowest BCUT2D eigenvalue weighted by atomic mass is 10.0. The average molecular weight is 1780 g/mol. The number of thiophene rings is 4. The fraction of sp³-hybridized carbons (Fsp3) is 0.0515. The largest absolute Gasteiger partial charge is 0.508 e. The molecule has 0 saturated carbocycles. The SMILES string of the molecule is Cc1cc(C(F)(F)F)ccc1-c1sc2cc(O)ccc2c1Oc1ccc(/C=C/C(=O)O)cc1.Cc1cc(C(F)(F)F)ccc1-c1sc2cc(O)ccc2c1Oc1ccc(/C=C/C(=O)O)cc1.Cc1cc(F)ccc1-c1sc2cc(O)ccc2c1Oc1ccc(/C=C/C(=O)O)cc1.O=C(O)/C=C/c1ccc(Oc2c(-c3ccccc3Cl)sc3cc(O)ccc23)cc1. The van der Waals surface area contributed by atoms with Crippen LogP contribution in [0.15, 0.2) is 273 Å². The Bertz CT molecular complexity index is 6670. The van der Waals surface area contributed by atoms with Crippen molar-refractivity contribution in [2.24, 2.45) is 0 Å². The highest BCUT2D eigenvalue weighted by molar-refractivity contribution is 7.24. The number of hydrogen-bond acceptors (Lipinski definition) is 16. The lowest BCUT2D eigenvalue weighted by molar-refractivity contribution is -0.138. The van der Waals surface area contributed by atoms with Crippen molar-refractivity contribution in [1.82, 2.24) is 0 Å². The van der Waals surface area contributed by atoms with Crippen LogP contribution < -0.4 is 18.9 Å². The van der Waals surface area contributed by atoms with Gasteiger partial charge in [-0.3, -0.25) is 0 Å². The highest BCUT2D eigenvalue weighted by atomic mass is 35.5. The molecule has 0 unspecified atom stereocenters. The lowest BCUT2D eigenvalue weighted by Crippen LogP contribution is -2.05. The number of carboxylic acids is 4. The minimum Gasteiger partial charge on any atom is -0.508 e. The van der Waals surface area contributed by atoms with Gasteiger partial charge in [0.05, 0.1) is 30.6 Å². The van der Waals surface area contributed by atoms with Crippen molar-refractivity contribution in [2.45, 2.75) is 33.1 Å². The first kappa shape index (κ1) is 88.3. The average Bonchev–Trinajstić information content (AvgIpc) is 1.66. The summed E-state index contributed by atoms with van der Waals surface area (Å²) >= 11 is 12.0.